The molecule has 0 radical (unpaired) electrons. The summed E-state index contributed by atoms with van der Waals surface area (Å²) in [5.41, 5.74) is 11.1. The number of nitrogens with zero attached hydrogens (tertiary/aromatic N) is 3. The van der Waals surface area contributed by atoms with Crippen molar-refractivity contribution in [1.82, 2.24) is 19.7 Å². The smallest absolute Gasteiger partial charge is 0.284 e. The van der Waals surface area contributed by atoms with Gasteiger partial charge in [0.2, 0.25) is 0 Å². The Morgan fingerprint density at radius 2 is 1.89 bits per heavy atom. The number of aromatic nitrogens is 3. The lowest BCUT2D eigenvalue weighted by Crippen LogP contribution is -2.29. The highest BCUT2D eigenvalue weighted by atomic mass is 16.2. The first-order chi connectivity index (χ1) is 17.1. The number of hydrogen-bond acceptors (Lipinski definition) is 5. The van der Waals surface area contributed by atoms with E-state index in [0.29, 0.717) is 18.7 Å². The van der Waals surface area contributed by atoms with E-state index in [9.17, 15) is 9.59 Å². The van der Waals surface area contributed by atoms with Gasteiger partial charge in [-0.15, -0.1) is 0 Å². The van der Waals surface area contributed by atoms with Gasteiger partial charge in [0.15, 0.2) is 0 Å². The normalized spacial score (nSPS) is 16.3. The molecule has 2 aromatic heterocycles. The van der Waals surface area contributed by atoms with Crippen LogP contribution in [0, 0.1) is 0 Å². The minimum Gasteiger partial charge on any atom is -0.357 e. The van der Waals surface area contributed by atoms with Gasteiger partial charge in [0.25, 0.3) is 11.5 Å². The molecule has 0 fully saturated rings. The standard InChI is InChI=1S/C26H25N7O2/c27-23-21-19(14-28-24(21)30-15-29-23)16-9-11-17(12-10-16)31-25(34)22-20-8-4-5-13-32(20)33(26(22)35)18-6-2-1-3-7-18/h1-3,6-7,9-12,14-15,23,28H,4-5,8,13,27H2,(H,29,30)(H,31,34). The quantitative estimate of drug-likeness (QED) is 0.367. The average Bonchev–Trinajstić information content (AvgIpc) is 3.44. The molecule has 2 aromatic carbocycles. The lowest BCUT2D eigenvalue weighted by atomic mass is 10.0. The lowest BCUT2D eigenvalue weighted by Gasteiger charge is -2.19. The minimum atomic E-state index is -0.386. The highest BCUT2D eigenvalue weighted by molar-refractivity contribution is 6.05. The maximum absolute atomic E-state index is 13.4. The summed E-state index contributed by atoms with van der Waals surface area (Å²) in [4.78, 5) is 34.2. The van der Waals surface area contributed by atoms with E-state index < -0.39 is 0 Å². The second-order valence-electron chi connectivity index (χ2n) is 8.75. The highest BCUT2D eigenvalue weighted by Gasteiger charge is 2.28. The van der Waals surface area contributed by atoms with E-state index >= 15 is 0 Å². The van der Waals surface area contributed by atoms with Crippen LogP contribution >= 0.6 is 0 Å². The molecule has 9 heteroatoms. The number of aromatic amines is 1. The molecule has 176 valence electrons. The van der Waals surface area contributed by atoms with Crippen molar-refractivity contribution in [2.24, 2.45) is 10.7 Å². The predicted octanol–water partition coefficient (Wildman–Crippen LogP) is 3.44. The van der Waals surface area contributed by atoms with Crippen LogP contribution in [-0.4, -0.2) is 26.6 Å². The maximum Gasteiger partial charge on any atom is 0.284 e. The molecule has 35 heavy (non-hydrogen) atoms. The van der Waals surface area contributed by atoms with Crippen molar-refractivity contribution in [2.45, 2.75) is 32.0 Å². The number of nitrogens with two attached hydrogens (primary N) is 1. The summed E-state index contributed by atoms with van der Waals surface area (Å²) in [7, 11) is 0. The van der Waals surface area contributed by atoms with Gasteiger partial charge in [0.05, 0.1) is 17.7 Å². The van der Waals surface area contributed by atoms with Crippen LogP contribution in [0.25, 0.3) is 16.8 Å². The minimum absolute atomic E-state index is 0.215. The number of carbonyl (C=O) groups excluding carboxylic acids is 1. The van der Waals surface area contributed by atoms with Crippen molar-refractivity contribution in [2.75, 3.05) is 5.32 Å². The van der Waals surface area contributed by atoms with E-state index in [4.69, 9.17) is 5.73 Å². The molecule has 2 aliphatic rings. The van der Waals surface area contributed by atoms with E-state index in [1.807, 2.05) is 65.5 Å². The zero-order valence-corrected chi connectivity index (χ0v) is 19.0. The molecule has 0 bridgehead atoms. The number of para-hydroxylation sites is 1. The van der Waals surface area contributed by atoms with E-state index in [1.165, 1.54) is 0 Å². The summed E-state index contributed by atoms with van der Waals surface area (Å²) in [6.45, 7) is 0.712. The molecule has 2 aliphatic heterocycles. The van der Waals surface area contributed by atoms with E-state index in [2.05, 4.69) is 20.6 Å². The first-order valence-corrected chi connectivity index (χ1v) is 11.7. The Morgan fingerprint density at radius 3 is 2.69 bits per heavy atom. The first kappa shape index (κ1) is 21.2. The second kappa shape index (κ2) is 8.44. The van der Waals surface area contributed by atoms with E-state index in [1.54, 1.807) is 11.0 Å². The lowest BCUT2D eigenvalue weighted by molar-refractivity contribution is 0.102. The van der Waals surface area contributed by atoms with Crippen molar-refractivity contribution < 1.29 is 4.79 Å². The van der Waals surface area contributed by atoms with Crippen LogP contribution in [0.15, 0.2) is 70.6 Å². The fourth-order valence-corrected chi connectivity index (χ4v) is 4.96. The number of carbonyl (C=O) groups is 1. The molecule has 0 aliphatic carbocycles. The van der Waals surface area contributed by atoms with Crippen molar-refractivity contribution in [3.63, 3.8) is 0 Å². The van der Waals surface area contributed by atoms with Gasteiger partial charge in [-0.25, -0.2) is 9.67 Å². The molecule has 4 heterocycles. The third-order valence-corrected chi connectivity index (χ3v) is 6.62. The molecule has 0 spiro atoms. The fraction of sp³-hybridized carbons (Fsp3) is 0.192. The number of hydrogen-bond donors (Lipinski definition) is 4. The van der Waals surface area contributed by atoms with Crippen LogP contribution in [0.1, 0.15) is 40.6 Å². The van der Waals surface area contributed by atoms with Crippen molar-refractivity contribution in [1.29, 1.82) is 0 Å². The van der Waals surface area contributed by atoms with Gasteiger partial charge in [-0.1, -0.05) is 30.3 Å². The molecule has 1 unspecified atom stereocenters. The van der Waals surface area contributed by atoms with Crippen LogP contribution in [0.4, 0.5) is 11.5 Å². The third kappa shape index (κ3) is 3.57. The average molecular weight is 468 g/mol. The number of fused-ring (bicyclic) bond motifs is 2. The molecule has 4 aromatic rings. The van der Waals surface area contributed by atoms with Crippen molar-refractivity contribution >= 4 is 23.8 Å². The van der Waals surface area contributed by atoms with Gasteiger partial charge in [0.1, 0.15) is 17.5 Å². The number of anilines is 1. The summed E-state index contributed by atoms with van der Waals surface area (Å²) in [5.74, 6) is 0.347. The second-order valence-corrected chi connectivity index (χ2v) is 8.75. The Morgan fingerprint density at radius 1 is 1.09 bits per heavy atom. The van der Waals surface area contributed by atoms with Crippen LogP contribution in [0.2, 0.25) is 0 Å². The summed E-state index contributed by atoms with van der Waals surface area (Å²) < 4.78 is 3.58. The SMILES string of the molecule is NC1NC=Nc2[nH]cc(-c3ccc(NC(=O)c4c5n(n(-c6ccccc6)c4=O)CCCC5)cc3)c21. The molecule has 9 nitrogen and oxygen atoms in total. The van der Waals surface area contributed by atoms with Gasteiger partial charge in [0, 0.05) is 29.6 Å². The zero-order valence-electron chi connectivity index (χ0n) is 19.0. The zero-order chi connectivity index (χ0) is 23.9. The molecule has 0 saturated carbocycles. The van der Waals surface area contributed by atoms with Crippen LogP contribution < -0.4 is 21.9 Å². The number of nitrogens with one attached hydrogen (secondary N) is 3. The summed E-state index contributed by atoms with van der Waals surface area (Å²) in [5, 5.41) is 5.93. The van der Waals surface area contributed by atoms with Crippen LogP contribution in [0.3, 0.4) is 0 Å². The van der Waals surface area contributed by atoms with Gasteiger partial charge in [-0.2, -0.15) is 0 Å². The number of aliphatic imine (C=N–C) groups is 1. The topological polar surface area (TPSA) is 122 Å². The van der Waals surface area contributed by atoms with E-state index in [-0.39, 0.29) is 23.2 Å². The Balaban J connectivity index is 1.30. The first-order valence-electron chi connectivity index (χ1n) is 11.7. The van der Waals surface area contributed by atoms with Gasteiger partial charge in [-0.3, -0.25) is 14.3 Å². The molecule has 1 amide bonds. The van der Waals surface area contributed by atoms with Gasteiger partial charge in [-0.05, 0) is 49.1 Å². The molecule has 5 N–H and O–H groups in total. The summed E-state index contributed by atoms with van der Waals surface area (Å²) in [6, 6.07) is 17.0. The number of amides is 1. The molecular weight excluding hydrogens is 442 g/mol. The number of H-pyrrole nitrogens is 1. The third-order valence-electron chi connectivity index (χ3n) is 6.62. The molecule has 0 saturated heterocycles. The number of benzene rings is 2. The molecule has 1 atom stereocenters. The maximum atomic E-state index is 13.4. The summed E-state index contributed by atoms with van der Waals surface area (Å²) in [6.07, 6.45) is 5.74. The van der Waals surface area contributed by atoms with Crippen molar-refractivity contribution in [3.05, 3.63) is 88.0 Å². The highest BCUT2D eigenvalue weighted by Crippen LogP contribution is 2.35. The predicted molar refractivity (Wildman–Crippen MR) is 135 cm³/mol. The van der Waals surface area contributed by atoms with Crippen LogP contribution in [0.5, 0.6) is 0 Å². The summed E-state index contributed by atoms with van der Waals surface area (Å²) >= 11 is 0. The van der Waals surface area contributed by atoms with Gasteiger partial charge >= 0.3 is 0 Å². The van der Waals surface area contributed by atoms with Crippen molar-refractivity contribution in [3.8, 4) is 16.8 Å². The molecule has 6 rings (SSSR count). The Kier molecular flexibility index (Phi) is 5.11. The Bertz CT molecular complexity index is 1490. The van der Waals surface area contributed by atoms with E-state index in [0.717, 1.165) is 46.7 Å². The Hall–Kier alpha value is -4.37. The van der Waals surface area contributed by atoms with Gasteiger partial charge < -0.3 is 21.4 Å². The molecular formula is C26H25N7O2. The fourth-order valence-electron chi connectivity index (χ4n) is 4.96. The van der Waals surface area contributed by atoms with Crippen LogP contribution in [-0.2, 0) is 13.0 Å². The monoisotopic (exact) mass is 467 g/mol. The Labute approximate surface area is 201 Å². The number of rotatable bonds is 4. The largest absolute Gasteiger partial charge is 0.357 e.